The first-order valence-corrected chi connectivity index (χ1v) is 6.33. The minimum absolute atomic E-state index is 0.0894. The molecule has 1 aromatic rings. The number of aromatic nitrogens is 2. The zero-order valence-electron chi connectivity index (χ0n) is 11.1. The predicted molar refractivity (Wildman–Crippen MR) is 69.1 cm³/mol. The molecule has 0 saturated carbocycles. The van der Waals surface area contributed by atoms with Gasteiger partial charge < -0.3 is 10.3 Å². The number of carbonyl (C=O) groups is 1. The van der Waals surface area contributed by atoms with Gasteiger partial charge in [-0.25, -0.2) is 4.98 Å². The van der Waals surface area contributed by atoms with Crippen LogP contribution in [0.25, 0.3) is 0 Å². The molecule has 1 fully saturated rings. The molecule has 0 spiro atoms. The van der Waals surface area contributed by atoms with E-state index in [0.29, 0.717) is 6.54 Å². The summed E-state index contributed by atoms with van der Waals surface area (Å²) in [4.78, 5) is 23.3. The Bertz CT molecular complexity index is 395. The van der Waals surface area contributed by atoms with Crippen molar-refractivity contribution in [1.29, 1.82) is 0 Å². The van der Waals surface area contributed by atoms with Gasteiger partial charge in [-0.2, -0.15) is 0 Å². The maximum Gasteiger partial charge on any atom is 0.233 e. The van der Waals surface area contributed by atoms with Crippen molar-refractivity contribution < 1.29 is 4.79 Å². The highest BCUT2D eigenvalue weighted by Crippen LogP contribution is 2.08. The van der Waals surface area contributed by atoms with Gasteiger partial charge in [-0.3, -0.25) is 14.6 Å². The van der Waals surface area contributed by atoms with Gasteiger partial charge in [0.1, 0.15) is 0 Å². The number of imidazole rings is 1. The molecule has 0 radical (unpaired) electrons. The van der Waals surface area contributed by atoms with Crippen molar-refractivity contribution in [2.75, 3.05) is 39.8 Å². The van der Waals surface area contributed by atoms with Gasteiger partial charge in [-0.05, 0) is 6.92 Å². The number of aromatic amines is 1. The number of nitrogens with zero attached hydrogens (tertiary/aromatic N) is 3. The van der Waals surface area contributed by atoms with Crippen LogP contribution in [0.2, 0.25) is 0 Å². The molecule has 0 unspecified atom stereocenters. The molecule has 1 aromatic heterocycles. The normalized spacial score (nSPS) is 17.9. The lowest BCUT2D eigenvalue weighted by atomic mass is 10.2. The highest BCUT2D eigenvalue weighted by molar-refractivity contribution is 5.77. The molecule has 2 heterocycles. The number of hydrogen-bond donors (Lipinski definition) is 2. The zero-order valence-corrected chi connectivity index (χ0v) is 11.1. The Morgan fingerprint density at radius 1 is 1.39 bits per heavy atom. The molecule has 1 amide bonds. The van der Waals surface area contributed by atoms with Crippen LogP contribution in [0.1, 0.15) is 11.4 Å². The summed E-state index contributed by atoms with van der Waals surface area (Å²) < 4.78 is 0. The topological polar surface area (TPSA) is 64.3 Å². The number of likely N-dealkylation sites (N-methyl/N-ethyl adjacent to an activating group) is 1. The van der Waals surface area contributed by atoms with Crippen LogP contribution in [0.15, 0.2) is 6.33 Å². The molecule has 2 N–H and O–H groups in total. The maximum atomic E-state index is 11.3. The summed E-state index contributed by atoms with van der Waals surface area (Å²) in [5.74, 6) is 0.0894. The van der Waals surface area contributed by atoms with E-state index in [4.69, 9.17) is 0 Å². The number of rotatable bonds is 4. The summed E-state index contributed by atoms with van der Waals surface area (Å²) in [7, 11) is 1.68. The third-order valence-electron chi connectivity index (χ3n) is 3.42. The molecule has 0 atom stereocenters. The maximum absolute atomic E-state index is 11.3. The van der Waals surface area contributed by atoms with Gasteiger partial charge >= 0.3 is 0 Å². The quantitative estimate of drug-likeness (QED) is 0.763. The summed E-state index contributed by atoms with van der Waals surface area (Å²) in [6, 6.07) is 0. The van der Waals surface area contributed by atoms with E-state index in [2.05, 4.69) is 25.1 Å². The van der Waals surface area contributed by atoms with Crippen molar-refractivity contribution in [2.24, 2.45) is 0 Å². The minimum atomic E-state index is 0.0894. The van der Waals surface area contributed by atoms with Crippen LogP contribution in [0.4, 0.5) is 0 Å². The van der Waals surface area contributed by atoms with Crippen LogP contribution >= 0.6 is 0 Å². The van der Waals surface area contributed by atoms with Gasteiger partial charge in [-0.15, -0.1) is 0 Å². The van der Waals surface area contributed by atoms with Crippen LogP contribution in [0.5, 0.6) is 0 Å². The first-order chi connectivity index (χ1) is 8.69. The third kappa shape index (κ3) is 3.30. The fourth-order valence-electron chi connectivity index (χ4n) is 2.15. The van der Waals surface area contributed by atoms with Crippen molar-refractivity contribution >= 4 is 5.91 Å². The lowest BCUT2D eigenvalue weighted by Gasteiger charge is -2.33. The number of hydrogen-bond acceptors (Lipinski definition) is 4. The van der Waals surface area contributed by atoms with Crippen LogP contribution < -0.4 is 5.32 Å². The molecule has 100 valence electrons. The molecule has 0 aromatic carbocycles. The Morgan fingerprint density at radius 2 is 2.06 bits per heavy atom. The first-order valence-electron chi connectivity index (χ1n) is 6.33. The van der Waals surface area contributed by atoms with Crippen molar-refractivity contribution in [2.45, 2.75) is 13.5 Å². The van der Waals surface area contributed by atoms with Crippen molar-refractivity contribution in [3.8, 4) is 0 Å². The van der Waals surface area contributed by atoms with Gasteiger partial charge in [0.25, 0.3) is 0 Å². The van der Waals surface area contributed by atoms with Gasteiger partial charge in [0.2, 0.25) is 5.91 Å². The molecular formula is C12H21N5O. The van der Waals surface area contributed by atoms with Crippen molar-refractivity contribution in [3.05, 3.63) is 17.7 Å². The van der Waals surface area contributed by atoms with E-state index in [1.807, 2.05) is 6.92 Å². The molecule has 1 saturated heterocycles. The van der Waals surface area contributed by atoms with Crippen LogP contribution in [-0.4, -0.2) is 65.4 Å². The average Bonchev–Trinajstić information content (AvgIpc) is 2.77. The third-order valence-corrected chi connectivity index (χ3v) is 3.42. The summed E-state index contributed by atoms with van der Waals surface area (Å²) in [6.07, 6.45) is 1.74. The Balaban J connectivity index is 1.77. The summed E-state index contributed by atoms with van der Waals surface area (Å²) in [5.41, 5.74) is 2.26. The summed E-state index contributed by atoms with van der Waals surface area (Å²) in [5, 5.41) is 2.66. The molecule has 2 rings (SSSR count). The highest BCUT2D eigenvalue weighted by atomic mass is 16.1. The van der Waals surface area contributed by atoms with Gasteiger partial charge in [-0.1, -0.05) is 0 Å². The standard InChI is InChI=1S/C12H21N5O/c1-10-11(15-9-14-10)7-16-3-5-17(6-4-16)8-12(18)13-2/h9H,3-8H2,1-2H3,(H,13,18)(H,14,15). The number of H-pyrrole nitrogens is 1. The van der Waals surface area contributed by atoms with E-state index < -0.39 is 0 Å². The predicted octanol–water partition coefficient (Wildman–Crippen LogP) is -0.418. The second-order valence-electron chi connectivity index (χ2n) is 4.70. The summed E-state index contributed by atoms with van der Waals surface area (Å²) >= 11 is 0. The minimum Gasteiger partial charge on any atom is -0.358 e. The second-order valence-corrected chi connectivity index (χ2v) is 4.70. The lowest BCUT2D eigenvalue weighted by molar-refractivity contribution is -0.122. The second kappa shape index (κ2) is 5.97. The average molecular weight is 251 g/mol. The van der Waals surface area contributed by atoms with E-state index in [9.17, 15) is 4.79 Å². The summed E-state index contributed by atoms with van der Waals surface area (Å²) in [6.45, 7) is 7.31. The lowest BCUT2D eigenvalue weighted by Crippen LogP contribution is -2.48. The van der Waals surface area contributed by atoms with Gasteiger partial charge in [0, 0.05) is 45.5 Å². The van der Waals surface area contributed by atoms with Crippen molar-refractivity contribution in [1.82, 2.24) is 25.1 Å². The number of amides is 1. The smallest absolute Gasteiger partial charge is 0.233 e. The van der Waals surface area contributed by atoms with Crippen LogP contribution in [0, 0.1) is 6.92 Å². The molecule has 1 aliphatic rings. The number of carbonyl (C=O) groups excluding carboxylic acids is 1. The number of aryl methyl sites for hydroxylation is 1. The van der Waals surface area contributed by atoms with Crippen LogP contribution in [0.3, 0.4) is 0 Å². The van der Waals surface area contributed by atoms with E-state index in [1.165, 1.54) is 0 Å². The Labute approximate surface area is 107 Å². The van der Waals surface area contributed by atoms with Crippen LogP contribution in [-0.2, 0) is 11.3 Å². The molecule has 1 aliphatic heterocycles. The molecular weight excluding hydrogens is 230 g/mol. The van der Waals surface area contributed by atoms with E-state index in [-0.39, 0.29) is 5.91 Å². The molecule has 0 bridgehead atoms. The molecule has 6 heteroatoms. The monoisotopic (exact) mass is 251 g/mol. The van der Waals surface area contributed by atoms with E-state index in [0.717, 1.165) is 44.1 Å². The molecule has 6 nitrogen and oxygen atoms in total. The van der Waals surface area contributed by atoms with Gasteiger partial charge in [0.15, 0.2) is 0 Å². The molecule has 0 aliphatic carbocycles. The van der Waals surface area contributed by atoms with Crippen molar-refractivity contribution in [3.63, 3.8) is 0 Å². The SMILES string of the molecule is CNC(=O)CN1CCN(Cc2nc[nH]c2C)CC1. The fourth-order valence-corrected chi connectivity index (χ4v) is 2.15. The highest BCUT2D eigenvalue weighted by Gasteiger charge is 2.19. The largest absolute Gasteiger partial charge is 0.358 e. The first kappa shape index (κ1) is 13.0. The number of piperazine rings is 1. The van der Waals surface area contributed by atoms with E-state index in [1.54, 1.807) is 13.4 Å². The Hall–Kier alpha value is -1.40. The fraction of sp³-hybridized carbons (Fsp3) is 0.667. The van der Waals surface area contributed by atoms with E-state index >= 15 is 0 Å². The van der Waals surface area contributed by atoms with Gasteiger partial charge in [0.05, 0.1) is 18.6 Å². The molecule has 18 heavy (non-hydrogen) atoms. The Morgan fingerprint density at radius 3 is 2.61 bits per heavy atom. The zero-order chi connectivity index (χ0) is 13.0. The Kier molecular flexibility index (Phi) is 4.33. The number of nitrogens with one attached hydrogen (secondary N) is 2.